The zero-order valence-corrected chi connectivity index (χ0v) is 17.9. The van der Waals surface area contributed by atoms with Crippen LogP contribution in [-0.4, -0.2) is 59.9 Å². The number of carbonyl (C=O) groups excluding carboxylic acids is 4. The molecule has 0 spiro atoms. The van der Waals surface area contributed by atoms with E-state index >= 15 is 0 Å². The number of benzene rings is 1. The van der Waals surface area contributed by atoms with Crippen molar-refractivity contribution >= 4 is 23.6 Å². The maximum absolute atomic E-state index is 13.0. The molecule has 4 N–H and O–H groups in total. The molecule has 0 radical (unpaired) electrons. The summed E-state index contributed by atoms with van der Waals surface area (Å²) in [5, 5.41) is 5.71. The van der Waals surface area contributed by atoms with Crippen LogP contribution < -0.4 is 16.4 Å². The first kappa shape index (κ1) is 21.2. The van der Waals surface area contributed by atoms with Crippen LogP contribution in [0.5, 0.6) is 0 Å². The minimum absolute atomic E-state index is 0.108. The molecule has 9 heteroatoms. The SMILES string of the molecule is NCC12CCC(CNCc3ccc4c(c3)C(=O)N(C3CCC(=O)NC3=O)C4=O)(CC1)CO2. The first-order valence-corrected chi connectivity index (χ1v) is 11.2. The van der Waals surface area contributed by atoms with E-state index in [9.17, 15) is 19.2 Å². The number of imide groups is 2. The Hall–Kier alpha value is -2.62. The van der Waals surface area contributed by atoms with E-state index in [1.54, 1.807) is 12.1 Å². The van der Waals surface area contributed by atoms with E-state index in [0.29, 0.717) is 24.2 Å². The molecule has 32 heavy (non-hydrogen) atoms. The third-order valence-electron chi connectivity index (χ3n) is 7.61. The Bertz CT molecular complexity index is 982. The predicted molar refractivity (Wildman–Crippen MR) is 113 cm³/mol. The standard InChI is InChI=1S/C23H28N4O5/c24-11-23-7-5-22(6-8-23,13-32-23)12-25-10-14-1-2-15-16(9-14)21(31)27(20(15)30)17-3-4-18(28)26-19(17)29/h1-2,9,17,25H,3-8,10-13,24H2,(H,26,28,29). The molecule has 2 bridgehead atoms. The van der Waals surface area contributed by atoms with Crippen LogP contribution in [0.15, 0.2) is 18.2 Å². The van der Waals surface area contributed by atoms with Gasteiger partial charge in [-0.1, -0.05) is 6.07 Å². The molecule has 4 fully saturated rings. The molecule has 9 nitrogen and oxygen atoms in total. The van der Waals surface area contributed by atoms with Gasteiger partial charge in [0.2, 0.25) is 11.8 Å². The summed E-state index contributed by atoms with van der Waals surface area (Å²) in [6.07, 6.45) is 4.44. The lowest BCUT2D eigenvalue weighted by Crippen LogP contribution is -2.57. The lowest BCUT2D eigenvalue weighted by Gasteiger charge is -2.53. The second-order valence-electron chi connectivity index (χ2n) is 9.61. The average molecular weight is 441 g/mol. The Labute approximate surface area is 186 Å². The summed E-state index contributed by atoms with van der Waals surface area (Å²) >= 11 is 0. The largest absolute Gasteiger partial charge is 0.373 e. The summed E-state index contributed by atoms with van der Waals surface area (Å²) in [5.74, 6) is -1.95. The molecular weight excluding hydrogens is 412 g/mol. The van der Waals surface area contributed by atoms with Crippen LogP contribution in [0.1, 0.15) is 64.8 Å². The zero-order chi connectivity index (χ0) is 22.5. The molecule has 6 rings (SSSR count). The summed E-state index contributed by atoms with van der Waals surface area (Å²) in [5.41, 5.74) is 7.41. The molecule has 1 aliphatic carbocycles. The van der Waals surface area contributed by atoms with Gasteiger partial charge >= 0.3 is 0 Å². The molecule has 4 amide bonds. The van der Waals surface area contributed by atoms with E-state index in [2.05, 4.69) is 10.6 Å². The number of nitrogens with zero attached hydrogens (tertiary/aromatic N) is 1. The zero-order valence-electron chi connectivity index (χ0n) is 17.9. The van der Waals surface area contributed by atoms with Crippen molar-refractivity contribution < 1.29 is 23.9 Å². The van der Waals surface area contributed by atoms with Crippen molar-refractivity contribution in [1.29, 1.82) is 0 Å². The van der Waals surface area contributed by atoms with Crippen molar-refractivity contribution in [3.8, 4) is 0 Å². The monoisotopic (exact) mass is 440 g/mol. The van der Waals surface area contributed by atoms with E-state index in [4.69, 9.17) is 10.5 Å². The summed E-state index contributed by atoms with van der Waals surface area (Å²) in [6, 6.07) is 4.26. The van der Waals surface area contributed by atoms with Crippen molar-refractivity contribution in [2.45, 2.75) is 56.7 Å². The lowest BCUT2D eigenvalue weighted by atomic mass is 9.66. The van der Waals surface area contributed by atoms with Crippen molar-refractivity contribution in [2.24, 2.45) is 11.1 Å². The minimum Gasteiger partial charge on any atom is -0.373 e. The maximum atomic E-state index is 13.0. The number of fused-ring (bicyclic) bond motifs is 4. The van der Waals surface area contributed by atoms with Crippen molar-refractivity contribution in [2.75, 3.05) is 19.7 Å². The third kappa shape index (κ3) is 3.44. The molecule has 5 aliphatic rings. The smallest absolute Gasteiger partial charge is 0.262 e. The maximum Gasteiger partial charge on any atom is 0.262 e. The topological polar surface area (TPSA) is 131 Å². The van der Waals surface area contributed by atoms with Crippen LogP contribution in [0.25, 0.3) is 0 Å². The molecule has 0 aromatic heterocycles. The molecule has 4 aliphatic heterocycles. The van der Waals surface area contributed by atoms with Gasteiger partial charge in [-0.25, -0.2) is 0 Å². The minimum atomic E-state index is -0.945. The van der Waals surface area contributed by atoms with Crippen LogP contribution in [0, 0.1) is 5.41 Å². The van der Waals surface area contributed by atoms with E-state index in [1.807, 2.05) is 6.07 Å². The lowest BCUT2D eigenvalue weighted by molar-refractivity contribution is -0.176. The van der Waals surface area contributed by atoms with E-state index in [-0.39, 0.29) is 29.8 Å². The molecule has 1 aromatic carbocycles. The van der Waals surface area contributed by atoms with Gasteiger partial charge in [-0.2, -0.15) is 0 Å². The quantitative estimate of drug-likeness (QED) is 0.548. The van der Waals surface area contributed by atoms with Crippen molar-refractivity contribution in [1.82, 2.24) is 15.5 Å². The van der Waals surface area contributed by atoms with Gasteiger partial charge in [0.15, 0.2) is 0 Å². The highest BCUT2D eigenvalue weighted by Crippen LogP contribution is 2.48. The van der Waals surface area contributed by atoms with Gasteiger partial charge in [0.1, 0.15) is 6.04 Å². The van der Waals surface area contributed by atoms with Crippen LogP contribution >= 0.6 is 0 Å². The van der Waals surface area contributed by atoms with Gasteiger partial charge in [0.05, 0.1) is 23.3 Å². The van der Waals surface area contributed by atoms with E-state index in [0.717, 1.165) is 49.3 Å². The third-order valence-corrected chi connectivity index (χ3v) is 7.61. The first-order chi connectivity index (χ1) is 15.4. The number of hydrogen-bond acceptors (Lipinski definition) is 7. The van der Waals surface area contributed by atoms with Gasteiger partial charge in [-0.15, -0.1) is 0 Å². The highest BCUT2D eigenvalue weighted by molar-refractivity contribution is 6.23. The number of rotatable bonds is 6. The number of piperidine rings is 1. The van der Waals surface area contributed by atoms with E-state index < -0.39 is 23.8 Å². The van der Waals surface area contributed by atoms with Gasteiger partial charge in [-0.05, 0) is 49.8 Å². The van der Waals surface area contributed by atoms with Crippen LogP contribution in [-0.2, 0) is 20.9 Å². The number of hydrogen-bond donors (Lipinski definition) is 3. The summed E-state index contributed by atoms with van der Waals surface area (Å²) in [6.45, 7) is 2.68. The Morgan fingerprint density at radius 2 is 1.84 bits per heavy atom. The highest BCUT2D eigenvalue weighted by Gasteiger charge is 2.49. The molecule has 3 saturated heterocycles. The number of amides is 4. The molecular formula is C23H28N4O5. The Kier molecular flexibility index (Phi) is 5.15. The fourth-order valence-electron chi connectivity index (χ4n) is 5.42. The van der Waals surface area contributed by atoms with Crippen molar-refractivity contribution in [3.05, 3.63) is 34.9 Å². The Morgan fingerprint density at radius 3 is 2.50 bits per heavy atom. The van der Waals surface area contributed by atoms with Crippen LogP contribution in [0.2, 0.25) is 0 Å². The normalized spacial score (nSPS) is 31.8. The number of ether oxygens (including phenoxy) is 1. The number of carbonyl (C=O) groups is 4. The summed E-state index contributed by atoms with van der Waals surface area (Å²) in [7, 11) is 0. The van der Waals surface area contributed by atoms with Crippen molar-refractivity contribution in [3.63, 3.8) is 0 Å². The molecule has 1 aromatic rings. The first-order valence-electron chi connectivity index (χ1n) is 11.2. The Balaban J connectivity index is 1.24. The Morgan fingerprint density at radius 1 is 1.09 bits per heavy atom. The van der Waals surface area contributed by atoms with Gasteiger partial charge < -0.3 is 15.8 Å². The summed E-state index contributed by atoms with van der Waals surface area (Å²) in [4.78, 5) is 50.4. The molecule has 170 valence electrons. The summed E-state index contributed by atoms with van der Waals surface area (Å²) < 4.78 is 6.08. The molecule has 1 atom stereocenters. The van der Waals surface area contributed by atoms with Gasteiger partial charge in [0.25, 0.3) is 11.8 Å². The van der Waals surface area contributed by atoms with Gasteiger partial charge in [-0.3, -0.25) is 29.4 Å². The molecule has 1 saturated carbocycles. The number of nitrogens with one attached hydrogen (secondary N) is 2. The second kappa shape index (κ2) is 7.75. The van der Waals surface area contributed by atoms with E-state index in [1.165, 1.54) is 0 Å². The number of nitrogens with two attached hydrogens (primary N) is 1. The molecule has 1 unspecified atom stereocenters. The second-order valence-corrected chi connectivity index (χ2v) is 9.61. The fraction of sp³-hybridized carbons (Fsp3) is 0.565. The van der Waals surface area contributed by atoms with Crippen LogP contribution in [0.4, 0.5) is 0 Å². The predicted octanol–water partition coefficient (Wildman–Crippen LogP) is 0.466. The average Bonchev–Trinajstić information content (AvgIpc) is 3.05. The van der Waals surface area contributed by atoms with Gasteiger partial charge in [0, 0.05) is 31.5 Å². The highest BCUT2D eigenvalue weighted by atomic mass is 16.5. The molecule has 4 heterocycles. The van der Waals surface area contributed by atoms with Crippen LogP contribution in [0.3, 0.4) is 0 Å². The fourth-order valence-corrected chi connectivity index (χ4v) is 5.42.